The number of amides is 1. The molecule has 0 radical (unpaired) electrons. The Morgan fingerprint density at radius 3 is 2.41 bits per heavy atom. The Morgan fingerprint density at radius 2 is 1.70 bits per heavy atom. The van der Waals surface area contributed by atoms with Crippen LogP contribution in [-0.4, -0.2) is 27.0 Å². The van der Waals surface area contributed by atoms with Gasteiger partial charge in [0.25, 0.3) is 5.91 Å². The van der Waals surface area contributed by atoms with Crippen LogP contribution in [0.3, 0.4) is 0 Å². The smallest absolute Gasteiger partial charge is 0.303 e. The molecule has 4 aromatic rings. The Hall–Kier alpha value is -3.91. The number of carboxylic acid groups (broad SMARTS) is 1. The molecule has 0 aliphatic carbocycles. The van der Waals surface area contributed by atoms with Crippen LogP contribution in [0, 0.1) is 11.6 Å². The van der Waals surface area contributed by atoms with Crippen molar-refractivity contribution in [3.8, 4) is 11.3 Å². The molecule has 3 aromatic carbocycles. The van der Waals surface area contributed by atoms with E-state index in [0.29, 0.717) is 57.8 Å². The van der Waals surface area contributed by atoms with E-state index in [0.717, 1.165) is 17.7 Å². The van der Waals surface area contributed by atoms with Gasteiger partial charge in [0.1, 0.15) is 0 Å². The molecule has 0 aliphatic heterocycles. The molecule has 1 amide bonds. The van der Waals surface area contributed by atoms with Crippen LogP contribution in [-0.2, 0) is 11.2 Å². The minimum Gasteiger partial charge on any atom is -0.481 e. The van der Waals surface area contributed by atoms with Crippen molar-refractivity contribution in [2.45, 2.75) is 38.6 Å². The zero-order valence-electron chi connectivity index (χ0n) is 20.0. The molecular formula is C28H24ClF2N3O3. The molecule has 1 heterocycles. The molecule has 0 fully saturated rings. The predicted octanol–water partition coefficient (Wildman–Crippen LogP) is 6.52. The second-order valence-electron chi connectivity index (χ2n) is 8.70. The van der Waals surface area contributed by atoms with E-state index in [1.54, 1.807) is 37.3 Å². The number of rotatable bonds is 9. The molecule has 0 saturated carbocycles. The molecule has 37 heavy (non-hydrogen) atoms. The van der Waals surface area contributed by atoms with E-state index in [1.165, 1.54) is 6.07 Å². The minimum atomic E-state index is -0.980. The summed E-state index contributed by atoms with van der Waals surface area (Å²) in [6.45, 7) is 1.68. The van der Waals surface area contributed by atoms with E-state index in [4.69, 9.17) is 26.7 Å². The van der Waals surface area contributed by atoms with Gasteiger partial charge in [0.05, 0.1) is 28.5 Å². The summed E-state index contributed by atoms with van der Waals surface area (Å²) in [6.07, 6.45) is 1.69. The van der Waals surface area contributed by atoms with Gasteiger partial charge in [-0.25, -0.2) is 18.7 Å². The van der Waals surface area contributed by atoms with Gasteiger partial charge in [0.15, 0.2) is 11.6 Å². The number of nitrogens with one attached hydrogen (secondary N) is 1. The Labute approximate surface area is 217 Å². The highest BCUT2D eigenvalue weighted by atomic mass is 35.5. The van der Waals surface area contributed by atoms with Gasteiger partial charge in [-0.1, -0.05) is 29.8 Å². The van der Waals surface area contributed by atoms with Crippen molar-refractivity contribution >= 4 is 34.5 Å². The molecule has 190 valence electrons. The molecule has 6 nitrogen and oxygen atoms in total. The standard InChI is InChI=1S/C28H24ClF2N3O3/c1-16(18-8-12-21(30)22(31)14-18)32-28(37)19-9-13-23-25(15-19)33-24(4-2-3-5-26(35)36)27(34-23)17-6-10-20(29)11-7-17/h6-16H,2-5H2,1H3,(H,32,37)(H,35,36)/t16-/m0/s1. The summed E-state index contributed by atoms with van der Waals surface area (Å²) in [6, 6.07) is 15.1. The zero-order valence-corrected chi connectivity index (χ0v) is 20.7. The number of carbonyl (C=O) groups excluding carboxylic acids is 1. The van der Waals surface area contributed by atoms with Crippen LogP contribution in [0.15, 0.2) is 60.7 Å². The summed E-state index contributed by atoms with van der Waals surface area (Å²) < 4.78 is 26.9. The van der Waals surface area contributed by atoms with Gasteiger partial charge in [-0.05, 0) is 74.2 Å². The number of aliphatic carboxylic acids is 1. The van der Waals surface area contributed by atoms with E-state index < -0.39 is 29.6 Å². The lowest BCUT2D eigenvalue weighted by molar-refractivity contribution is -0.137. The maximum absolute atomic E-state index is 13.6. The van der Waals surface area contributed by atoms with E-state index >= 15 is 0 Å². The molecule has 2 N–H and O–H groups in total. The molecule has 0 unspecified atom stereocenters. The fourth-order valence-corrected chi connectivity index (χ4v) is 4.09. The highest BCUT2D eigenvalue weighted by Gasteiger charge is 2.16. The summed E-state index contributed by atoms with van der Waals surface area (Å²) in [7, 11) is 0. The number of benzene rings is 3. The third-order valence-corrected chi connectivity index (χ3v) is 6.21. The SMILES string of the molecule is C[C@H](NC(=O)c1ccc2nc(-c3ccc(Cl)cc3)c(CCCCC(=O)O)nc2c1)c1ccc(F)c(F)c1. The summed E-state index contributed by atoms with van der Waals surface area (Å²) in [5.74, 6) is -3.18. The number of carbonyl (C=O) groups is 2. The van der Waals surface area contributed by atoms with E-state index in [-0.39, 0.29) is 6.42 Å². The van der Waals surface area contributed by atoms with Gasteiger partial charge in [-0.3, -0.25) is 9.59 Å². The number of aromatic nitrogens is 2. The van der Waals surface area contributed by atoms with Crippen molar-refractivity contribution in [3.05, 3.63) is 94.1 Å². The number of halogens is 3. The Bertz CT molecular complexity index is 1460. The van der Waals surface area contributed by atoms with Gasteiger partial charge in [-0.2, -0.15) is 0 Å². The minimum absolute atomic E-state index is 0.0672. The summed E-state index contributed by atoms with van der Waals surface area (Å²) >= 11 is 6.04. The fourth-order valence-electron chi connectivity index (χ4n) is 3.96. The van der Waals surface area contributed by atoms with E-state index in [9.17, 15) is 18.4 Å². The molecule has 0 bridgehead atoms. The fraction of sp³-hybridized carbons (Fsp3) is 0.214. The van der Waals surface area contributed by atoms with Crippen molar-refractivity contribution in [1.82, 2.24) is 15.3 Å². The number of aryl methyl sites for hydroxylation is 1. The highest BCUT2D eigenvalue weighted by Crippen LogP contribution is 2.27. The van der Waals surface area contributed by atoms with Crippen LogP contribution in [0.1, 0.15) is 53.8 Å². The lowest BCUT2D eigenvalue weighted by atomic mass is 10.0. The molecule has 4 rings (SSSR count). The first-order valence-corrected chi connectivity index (χ1v) is 12.1. The van der Waals surface area contributed by atoms with Crippen molar-refractivity contribution in [3.63, 3.8) is 0 Å². The lowest BCUT2D eigenvalue weighted by Gasteiger charge is -2.15. The summed E-state index contributed by atoms with van der Waals surface area (Å²) in [4.78, 5) is 33.4. The number of fused-ring (bicyclic) bond motifs is 1. The molecular weight excluding hydrogens is 500 g/mol. The average molecular weight is 524 g/mol. The molecule has 1 aromatic heterocycles. The van der Waals surface area contributed by atoms with Crippen molar-refractivity contribution < 1.29 is 23.5 Å². The normalized spacial score (nSPS) is 11.9. The summed E-state index contributed by atoms with van der Waals surface area (Å²) in [5, 5.41) is 12.3. The quantitative estimate of drug-likeness (QED) is 0.244. The van der Waals surface area contributed by atoms with Gasteiger partial charge in [-0.15, -0.1) is 0 Å². The molecule has 0 spiro atoms. The predicted molar refractivity (Wildman–Crippen MR) is 137 cm³/mol. The van der Waals surface area contributed by atoms with Gasteiger partial charge in [0, 0.05) is 22.6 Å². The third kappa shape index (κ3) is 6.46. The molecule has 1 atom stereocenters. The number of hydrogen-bond donors (Lipinski definition) is 2. The monoisotopic (exact) mass is 523 g/mol. The van der Waals surface area contributed by atoms with Gasteiger partial charge >= 0.3 is 5.97 Å². The van der Waals surface area contributed by atoms with E-state index in [1.807, 2.05) is 12.1 Å². The van der Waals surface area contributed by atoms with Crippen LogP contribution >= 0.6 is 11.6 Å². The number of unbranched alkanes of at least 4 members (excludes halogenated alkanes) is 1. The second-order valence-corrected chi connectivity index (χ2v) is 9.14. The first-order valence-electron chi connectivity index (χ1n) is 11.8. The van der Waals surface area contributed by atoms with Crippen molar-refractivity contribution in [2.24, 2.45) is 0 Å². The Kier molecular flexibility index (Phi) is 8.08. The third-order valence-electron chi connectivity index (χ3n) is 5.96. The van der Waals surface area contributed by atoms with Gasteiger partial charge in [0.2, 0.25) is 0 Å². The van der Waals surface area contributed by atoms with Crippen LogP contribution in [0.5, 0.6) is 0 Å². The van der Waals surface area contributed by atoms with Crippen LogP contribution in [0.2, 0.25) is 5.02 Å². The topological polar surface area (TPSA) is 92.2 Å². The van der Waals surface area contributed by atoms with Crippen molar-refractivity contribution in [1.29, 1.82) is 0 Å². The zero-order chi connectivity index (χ0) is 26.5. The molecule has 9 heteroatoms. The van der Waals surface area contributed by atoms with E-state index in [2.05, 4.69) is 5.32 Å². The highest BCUT2D eigenvalue weighted by molar-refractivity contribution is 6.30. The van der Waals surface area contributed by atoms with Gasteiger partial charge < -0.3 is 10.4 Å². The Morgan fingerprint density at radius 1 is 0.946 bits per heavy atom. The summed E-state index contributed by atoms with van der Waals surface area (Å²) in [5.41, 5.74) is 4.06. The maximum atomic E-state index is 13.6. The first-order chi connectivity index (χ1) is 17.7. The largest absolute Gasteiger partial charge is 0.481 e. The number of hydrogen-bond acceptors (Lipinski definition) is 4. The lowest BCUT2D eigenvalue weighted by Crippen LogP contribution is -2.26. The maximum Gasteiger partial charge on any atom is 0.303 e. The number of nitrogens with zero attached hydrogens (tertiary/aromatic N) is 2. The van der Waals surface area contributed by atoms with Crippen LogP contribution < -0.4 is 5.32 Å². The first kappa shape index (κ1) is 26.2. The van der Waals surface area contributed by atoms with Crippen LogP contribution in [0.25, 0.3) is 22.3 Å². The Balaban J connectivity index is 1.62. The molecule has 0 saturated heterocycles. The second kappa shape index (κ2) is 11.4. The van der Waals surface area contributed by atoms with Crippen LogP contribution in [0.4, 0.5) is 8.78 Å². The average Bonchev–Trinajstić information content (AvgIpc) is 2.87. The molecule has 0 aliphatic rings. The van der Waals surface area contributed by atoms with Crippen molar-refractivity contribution in [2.75, 3.05) is 0 Å². The number of carboxylic acids is 1.